The minimum absolute atomic E-state index is 0.168. The number of hydrogen-bond acceptors (Lipinski definition) is 4. The number of benzene rings is 1. The number of carbonyl (C=O) groups is 1. The van der Waals surface area contributed by atoms with E-state index < -0.39 is 0 Å². The SMILES string of the molecule is COC(=O)C1CC(Oc2cc(Cl)c(Cl)cc2Cl)CN1. The van der Waals surface area contributed by atoms with Crippen LogP contribution in [-0.2, 0) is 9.53 Å². The van der Waals surface area contributed by atoms with E-state index in [-0.39, 0.29) is 18.1 Å². The molecule has 1 aliphatic heterocycles. The molecule has 0 bridgehead atoms. The van der Waals surface area contributed by atoms with Crippen LogP contribution < -0.4 is 10.1 Å². The van der Waals surface area contributed by atoms with Crippen LogP contribution in [0, 0.1) is 0 Å². The maximum Gasteiger partial charge on any atom is 0.323 e. The molecule has 0 aromatic heterocycles. The summed E-state index contributed by atoms with van der Waals surface area (Å²) in [4.78, 5) is 11.4. The van der Waals surface area contributed by atoms with E-state index >= 15 is 0 Å². The second-order valence-corrected chi connectivity index (χ2v) is 5.38. The van der Waals surface area contributed by atoms with Gasteiger partial charge in [-0.05, 0) is 6.07 Å². The Kier molecular flexibility index (Phi) is 4.79. The molecule has 0 radical (unpaired) electrons. The molecule has 1 aromatic rings. The van der Waals surface area contributed by atoms with Crippen LogP contribution in [0.3, 0.4) is 0 Å². The fourth-order valence-electron chi connectivity index (χ4n) is 1.89. The molecule has 1 N–H and O–H groups in total. The van der Waals surface area contributed by atoms with Crippen LogP contribution >= 0.6 is 34.8 Å². The van der Waals surface area contributed by atoms with E-state index in [0.717, 1.165) is 0 Å². The van der Waals surface area contributed by atoms with E-state index in [1.807, 2.05) is 0 Å². The minimum atomic E-state index is -0.350. The van der Waals surface area contributed by atoms with Crippen LogP contribution in [-0.4, -0.2) is 31.8 Å². The molecular weight excluding hydrogens is 312 g/mol. The summed E-state index contributed by atoms with van der Waals surface area (Å²) in [6.45, 7) is 0.538. The maximum absolute atomic E-state index is 11.4. The summed E-state index contributed by atoms with van der Waals surface area (Å²) in [5, 5.41) is 4.15. The van der Waals surface area contributed by atoms with E-state index in [1.54, 1.807) is 6.07 Å². The van der Waals surface area contributed by atoms with Gasteiger partial charge >= 0.3 is 5.97 Å². The van der Waals surface area contributed by atoms with Crippen LogP contribution in [0.25, 0.3) is 0 Å². The predicted octanol–water partition coefficient (Wildman–Crippen LogP) is 2.93. The lowest BCUT2D eigenvalue weighted by molar-refractivity contribution is -0.142. The number of rotatable bonds is 3. The molecule has 104 valence electrons. The molecule has 2 atom stereocenters. The van der Waals surface area contributed by atoms with Gasteiger partial charge in [0.25, 0.3) is 0 Å². The lowest BCUT2D eigenvalue weighted by Crippen LogP contribution is -2.31. The van der Waals surface area contributed by atoms with E-state index in [0.29, 0.717) is 33.8 Å². The van der Waals surface area contributed by atoms with Gasteiger partial charge in [0.15, 0.2) is 0 Å². The van der Waals surface area contributed by atoms with Gasteiger partial charge in [-0.25, -0.2) is 0 Å². The third kappa shape index (κ3) is 3.45. The molecule has 7 heteroatoms. The van der Waals surface area contributed by atoms with Crippen LogP contribution in [0.1, 0.15) is 6.42 Å². The second-order valence-electron chi connectivity index (χ2n) is 4.16. The normalized spacial score (nSPS) is 22.3. The molecule has 1 aromatic carbocycles. The van der Waals surface area contributed by atoms with E-state index in [4.69, 9.17) is 39.5 Å². The molecule has 0 aliphatic carbocycles. The second kappa shape index (κ2) is 6.18. The van der Waals surface area contributed by atoms with Crippen molar-refractivity contribution in [3.63, 3.8) is 0 Å². The van der Waals surface area contributed by atoms with E-state index in [1.165, 1.54) is 13.2 Å². The summed E-state index contributed by atoms with van der Waals surface area (Å²) in [6.07, 6.45) is 0.349. The molecule has 1 heterocycles. The molecule has 0 spiro atoms. The van der Waals surface area contributed by atoms with Crippen molar-refractivity contribution in [3.8, 4) is 5.75 Å². The summed E-state index contributed by atoms with van der Waals surface area (Å²) in [6, 6.07) is 2.75. The van der Waals surface area contributed by atoms with Gasteiger partial charge in [-0.2, -0.15) is 0 Å². The van der Waals surface area contributed by atoms with E-state index in [2.05, 4.69) is 10.1 Å². The van der Waals surface area contributed by atoms with Crippen LogP contribution in [0.5, 0.6) is 5.75 Å². The zero-order valence-corrected chi connectivity index (χ0v) is 12.4. The van der Waals surface area contributed by atoms with Gasteiger partial charge in [0.05, 0.1) is 22.2 Å². The molecule has 1 fully saturated rings. The highest BCUT2D eigenvalue weighted by molar-refractivity contribution is 6.43. The average molecular weight is 325 g/mol. The molecule has 2 rings (SSSR count). The van der Waals surface area contributed by atoms with Crippen LogP contribution in [0.15, 0.2) is 12.1 Å². The highest BCUT2D eigenvalue weighted by atomic mass is 35.5. The number of nitrogens with one attached hydrogen (secondary N) is 1. The number of halogens is 3. The standard InChI is InChI=1S/C12H12Cl3NO3/c1-18-12(17)10-2-6(5-16-10)19-11-4-8(14)7(13)3-9(11)15/h3-4,6,10,16H,2,5H2,1H3. The number of carbonyl (C=O) groups excluding carboxylic acids is 1. The lowest BCUT2D eigenvalue weighted by atomic mass is 10.2. The largest absolute Gasteiger partial charge is 0.487 e. The Morgan fingerprint density at radius 1 is 1.26 bits per heavy atom. The van der Waals surface area contributed by atoms with Crippen molar-refractivity contribution in [3.05, 3.63) is 27.2 Å². The van der Waals surface area contributed by atoms with Gasteiger partial charge in [-0.15, -0.1) is 0 Å². The van der Waals surface area contributed by atoms with Gasteiger partial charge in [-0.3, -0.25) is 4.79 Å². The van der Waals surface area contributed by atoms with Crippen molar-refractivity contribution >= 4 is 40.8 Å². The molecule has 19 heavy (non-hydrogen) atoms. The Balaban J connectivity index is 2.03. The highest BCUT2D eigenvalue weighted by Gasteiger charge is 2.31. The number of methoxy groups -OCH3 is 1. The Hall–Kier alpha value is -0.680. The average Bonchev–Trinajstić information content (AvgIpc) is 2.83. The first-order valence-electron chi connectivity index (χ1n) is 5.63. The van der Waals surface area contributed by atoms with E-state index in [9.17, 15) is 4.79 Å². The van der Waals surface area contributed by atoms with Gasteiger partial charge in [0.1, 0.15) is 17.9 Å². The number of ether oxygens (including phenoxy) is 2. The van der Waals surface area contributed by atoms with Gasteiger partial charge in [-0.1, -0.05) is 34.8 Å². The third-order valence-electron chi connectivity index (χ3n) is 2.84. The third-order valence-corrected chi connectivity index (χ3v) is 3.86. The quantitative estimate of drug-likeness (QED) is 0.686. The Morgan fingerprint density at radius 2 is 1.95 bits per heavy atom. The van der Waals surface area contributed by atoms with Crippen LogP contribution in [0.2, 0.25) is 15.1 Å². The first-order valence-corrected chi connectivity index (χ1v) is 6.77. The Bertz CT molecular complexity index is 495. The summed E-state index contributed by atoms with van der Waals surface area (Å²) >= 11 is 17.8. The minimum Gasteiger partial charge on any atom is -0.487 e. The number of hydrogen-bond donors (Lipinski definition) is 1. The lowest BCUT2D eigenvalue weighted by Gasteiger charge is -2.14. The summed E-state index contributed by atoms with van der Waals surface area (Å²) in [7, 11) is 1.36. The zero-order chi connectivity index (χ0) is 14.0. The van der Waals surface area contributed by atoms with Crippen molar-refractivity contribution in [2.24, 2.45) is 0 Å². The summed E-state index contributed by atoms with van der Waals surface area (Å²) < 4.78 is 10.4. The zero-order valence-electron chi connectivity index (χ0n) is 10.1. The van der Waals surface area contributed by atoms with Gasteiger partial charge in [0.2, 0.25) is 0 Å². The molecule has 0 amide bonds. The van der Waals surface area contributed by atoms with Crippen molar-refractivity contribution in [1.29, 1.82) is 0 Å². The van der Waals surface area contributed by atoms with Crippen molar-refractivity contribution in [2.45, 2.75) is 18.6 Å². The highest BCUT2D eigenvalue weighted by Crippen LogP contribution is 2.35. The fraction of sp³-hybridized carbons (Fsp3) is 0.417. The predicted molar refractivity (Wildman–Crippen MR) is 74.3 cm³/mol. The Labute approximate surface area is 125 Å². The van der Waals surface area contributed by atoms with Crippen molar-refractivity contribution in [2.75, 3.05) is 13.7 Å². The van der Waals surface area contributed by atoms with Crippen LogP contribution in [0.4, 0.5) is 0 Å². The smallest absolute Gasteiger partial charge is 0.323 e. The molecule has 1 saturated heterocycles. The molecule has 2 unspecified atom stereocenters. The first kappa shape index (κ1) is 14.7. The Morgan fingerprint density at radius 3 is 2.63 bits per heavy atom. The van der Waals surface area contributed by atoms with Crippen molar-refractivity contribution < 1.29 is 14.3 Å². The monoisotopic (exact) mass is 323 g/mol. The van der Waals surface area contributed by atoms with Gasteiger partial charge < -0.3 is 14.8 Å². The molecule has 4 nitrogen and oxygen atoms in total. The van der Waals surface area contributed by atoms with Gasteiger partial charge in [0, 0.05) is 19.0 Å². The molecule has 0 saturated carbocycles. The molecular formula is C12H12Cl3NO3. The molecule has 1 aliphatic rings. The number of esters is 1. The topological polar surface area (TPSA) is 47.6 Å². The first-order chi connectivity index (χ1) is 9.01. The summed E-state index contributed by atoms with van der Waals surface area (Å²) in [5.41, 5.74) is 0. The van der Waals surface area contributed by atoms with Crippen molar-refractivity contribution in [1.82, 2.24) is 5.32 Å². The fourth-order valence-corrected chi connectivity index (χ4v) is 2.47. The summed E-state index contributed by atoms with van der Waals surface area (Å²) in [5.74, 6) is 0.153. The maximum atomic E-state index is 11.4.